The van der Waals surface area contributed by atoms with Crippen molar-refractivity contribution < 1.29 is 4.79 Å². The quantitative estimate of drug-likeness (QED) is 0.432. The van der Waals surface area contributed by atoms with E-state index in [1.54, 1.807) is 12.4 Å². The van der Waals surface area contributed by atoms with Gasteiger partial charge in [0, 0.05) is 74.0 Å². The number of hydrogen-bond acceptors (Lipinski definition) is 5. The van der Waals surface area contributed by atoms with Gasteiger partial charge in [-0.25, -0.2) is 0 Å². The molecule has 4 N–H and O–H groups in total. The summed E-state index contributed by atoms with van der Waals surface area (Å²) in [5, 5.41) is 6.33. The zero-order chi connectivity index (χ0) is 22.2. The van der Waals surface area contributed by atoms with E-state index in [1.165, 1.54) is 0 Å². The number of piperazine rings is 1. The molecule has 1 saturated heterocycles. The fraction of sp³-hybridized carbons (Fsp3) is 0.231. The van der Waals surface area contributed by atoms with E-state index in [-0.39, 0.29) is 5.91 Å². The summed E-state index contributed by atoms with van der Waals surface area (Å²) in [6, 6.07) is 17.0. The molecule has 6 nitrogen and oxygen atoms in total. The third-order valence-corrected chi connectivity index (χ3v) is 5.45. The molecule has 0 saturated carbocycles. The molecule has 1 aromatic heterocycles. The van der Waals surface area contributed by atoms with Crippen LogP contribution in [-0.4, -0.2) is 55.1 Å². The second-order valence-electron chi connectivity index (χ2n) is 7.72. The second kappa shape index (κ2) is 10.6. The van der Waals surface area contributed by atoms with Crippen molar-refractivity contribution in [2.75, 3.05) is 45.0 Å². The van der Waals surface area contributed by atoms with Gasteiger partial charge in [0.2, 0.25) is 0 Å². The number of carbonyl (C=O) groups is 1. The van der Waals surface area contributed by atoms with E-state index in [1.807, 2.05) is 54.6 Å². The lowest BCUT2D eigenvalue weighted by Gasteiger charge is -2.27. The lowest BCUT2D eigenvalue weighted by atomic mass is 10.00. The molecule has 0 unspecified atom stereocenters. The van der Waals surface area contributed by atoms with Gasteiger partial charge in [0.25, 0.3) is 5.91 Å². The highest BCUT2D eigenvalue weighted by atomic mass is 16.1. The summed E-state index contributed by atoms with van der Waals surface area (Å²) < 4.78 is 0. The van der Waals surface area contributed by atoms with Crippen LogP contribution in [0.2, 0.25) is 0 Å². The van der Waals surface area contributed by atoms with Gasteiger partial charge >= 0.3 is 0 Å². The van der Waals surface area contributed by atoms with E-state index >= 15 is 0 Å². The number of anilines is 1. The normalized spacial score (nSPS) is 13.8. The van der Waals surface area contributed by atoms with Crippen LogP contribution in [0.25, 0.3) is 11.1 Å². The molecule has 0 radical (unpaired) electrons. The molecule has 2 aromatic carbocycles. The number of carbonyl (C=O) groups excluding carboxylic acids is 1. The van der Waals surface area contributed by atoms with Gasteiger partial charge in [-0.15, -0.1) is 0 Å². The number of nitrogens with one attached hydrogen (secondary N) is 2. The summed E-state index contributed by atoms with van der Waals surface area (Å²) in [5.74, 6) is 6.35. The molecule has 3 aromatic rings. The predicted molar refractivity (Wildman–Crippen MR) is 128 cm³/mol. The minimum absolute atomic E-state index is 0.0598. The molecule has 4 rings (SSSR count). The molecule has 6 heteroatoms. The number of nitrogens with two attached hydrogens (primary N) is 1. The standard InChI is InChI=1S/C26H27N5O/c27-24-7-8-25(21-9-11-28-12-10-21)23(19-24)6-3-20-1-4-22(5-2-20)26(32)30-15-18-31-16-13-29-14-17-31/h1-2,4-5,7-12,19,29H,13-18,27H2,(H,30,32). The van der Waals surface area contributed by atoms with E-state index in [9.17, 15) is 4.79 Å². The van der Waals surface area contributed by atoms with Crippen LogP contribution in [0.3, 0.4) is 0 Å². The Bertz CT molecular complexity index is 1110. The molecule has 0 bridgehead atoms. The molecule has 1 amide bonds. The summed E-state index contributed by atoms with van der Waals surface area (Å²) in [7, 11) is 0. The summed E-state index contributed by atoms with van der Waals surface area (Å²) in [6.07, 6.45) is 3.52. The van der Waals surface area contributed by atoms with Crippen molar-refractivity contribution in [3.05, 3.63) is 83.7 Å². The van der Waals surface area contributed by atoms with Crippen molar-refractivity contribution in [2.45, 2.75) is 0 Å². The van der Waals surface area contributed by atoms with E-state index in [4.69, 9.17) is 5.73 Å². The maximum Gasteiger partial charge on any atom is 0.251 e. The summed E-state index contributed by atoms with van der Waals surface area (Å²) in [4.78, 5) is 18.9. The first kappa shape index (κ1) is 21.6. The third kappa shape index (κ3) is 5.73. The molecule has 0 atom stereocenters. The molecule has 32 heavy (non-hydrogen) atoms. The Kier molecular flexibility index (Phi) is 7.13. The van der Waals surface area contributed by atoms with Gasteiger partial charge in [-0.05, 0) is 59.7 Å². The molecular weight excluding hydrogens is 398 g/mol. The van der Waals surface area contributed by atoms with Crippen LogP contribution < -0.4 is 16.4 Å². The Balaban J connectivity index is 1.40. The van der Waals surface area contributed by atoms with Crippen molar-refractivity contribution in [2.24, 2.45) is 0 Å². The smallest absolute Gasteiger partial charge is 0.251 e. The van der Waals surface area contributed by atoms with Crippen LogP contribution >= 0.6 is 0 Å². The van der Waals surface area contributed by atoms with Gasteiger partial charge in [-0.2, -0.15) is 0 Å². The lowest BCUT2D eigenvalue weighted by Crippen LogP contribution is -2.46. The zero-order valence-electron chi connectivity index (χ0n) is 18.0. The second-order valence-corrected chi connectivity index (χ2v) is 7.72. The number of rotatable bonds is 5. The van der Waals surface area contributed by atoms with Crippen LogP contribution in [0.1, 0.15) is 21.5 Å². The first-order chi connectivity index (χ1) is 15.7. The van der Waals surface area contributed by atoms with Gasteiger partial charge < -0.3 is 16.4 Å². The highest BCUT2D eigenvalue weighted by Crippen LogP contribution is 2.24. The Labute approximate surface area is 188 Å². The van der Waals surface area contributed by atoms with Crippen LogP contribution in [0.15, 0.2) is 67.0 Å². The number of hydrogen-bond donors (Lipinski definition) is 3. The summed E-state index contributed by atoms with van der Waals surface area (Å²) >= 11 is 0. The summed E-state index contributed by atoms with van der Waals surface area (Å²) in [5.41, 5.74) is 11.0. The molecule has 1 aliphatic heterocycles. The fourth-order valence-electron chi connectivity index (χ4n) is 3.66. The Hall–Kier alpha value is -3.66. The van der Waals surface area contributed by atoms with Gasteiger partial charge in [-0.1, -0.05) is 17.9 Å². The number of pyridine rings is 1. The maximum absolute atomic E-state index is 12.4. The third-order valence-electron chi connectivity index (χ3n) is 5.45. The van der Waals surface area contributed by atoms with Gasteiger partial charge in [-0.3, -0.25) is 14.7 Å². The molecule has 162 valence electrons. The van der Waals surface area contributed by atoms with Crippen LogP contribution in [-0.2, 0) is 0 Å². The SMILES string of the molecule is Nc1ccc(-c2ccncc2)c(C#Cc2ccc(C(=O)NCCN3CCNCC3)cc2)c1. The summed E-state index contributed by atoms with van der Waals surface area (Å²) in [6.45, 7) is 5.59. The molecular formula is C26H27N5O. The number of nitrogens with zero attached hydrogens (tertiary/aromatic N) is 2. The Morgan fingerprint density at radius 2 is 1.78 bits per heavy atom. The molecule has 1 fully saturated rings. The predicted octanol–water partition coefficient (Wildman–Crippen LogP) is 2.37. The minimum atomic E-state index is -0.0598. The number of nitrogen functional groups attached to an aromatic ring is 1. The van der Waals surface area contributed by atoms with Crippen molar-refractivity contribution in [3.8, 4) is 23.0 Å². The van der Waals surface area contributed by atoms with E-state index in [0.29, 0.717) is 17.8 Å². The average molecular weight is 426 g/mol. The highest BCUT2D eigenvalue weighted by molar-refractivity contribution is 5.94. The number of aromatic nitrogens is 1. The zero-order valence-corrected chi connectivity index (χ0v) is 18.0. The molecule has 0 aliphatic carbocycles. The minimum Gasteiger partial charge on any atom is -0.399 e. The molecule has 2 heterocycles. The maximum atomic E-state index is 12.4. The van der Waals surface area contributed by atoms with Crippen LogP contribution in [0, 0.1) is 11.8 Å². The first-order valence-electron chi connectivity index (χ1n) is 10.8. The van der Waals surface area contributed by atoms with Crippen molar-refractivity contribution in [3.63, 3.8) is 0 Å². The van der Waals surface area contributed by atoms with Crippen molar-refractivity contribution in [1.82, 2.24) is 20.5 Å². The van der Waals surface area contributed by atoms with Crippen LogP contribution in [0.5, 0.6) is 0 Å². The Morgan fingerprint density at radius 3 is 2.53 bits per heavy atom. The molecule has 1 aliphatic rings. The van der Waals surface area contributed by atoms with E-state index < -0.39 is 0 Å². The molecule has 0 spiro atoms. The first-order valence-corrected chi connectivity index (χ1v) is 10.8. The number of benzene rings is 2. The van der Waals surface area contributed by atoms with Crippen molar-refractivity contribution in [1.29, 1.82) is 0 Å². The van der Waals surface area contributed by atoms with Crippen LogP contribution in [0.4, 0.5) is 5.69 Å². The average Bonchev–Trinajstić information content (AvgIpc) is 2.84. The fourth-order valence-corrected chi connectivity index (χ4v) is 3.66. The van der Waals surface area contributed by atoms with E-state index in [2.05, 4.69) is 32.4 Å². The highest BCUT2D eigenvalue weighted by Gasteiger charge is 2.10. The number of amides is 1. The van der Waals surface area contributed by atoms with Gasteiger partial charge in [0.1, 0.15) is 0 Å². The van der Waals surface area contributed by atoms with Crippen molar-refractivity contribution >= 4 is 11.6 Å². The Morgan fingerprint density at radius 1 is 1.03 bits per heavy atom. The van der Waals surface area contributed by atoms with E-state index in [0.717, 1.165) is 55.0 Å². The largest absolute Gasteiger partial charge is 0.399 e. The topological polar surface area (TPSA) is 83.3 Å². The lowest BCUT2D eigenvalue weighted by molar-refractivity contribution is 0.0947. The monoisotopic (exact) mass is 425 g/mol. The van der Waals surface area contributed by atoms with Gasteiger partial charge in [0.05, 0.1) is 0 Å². The van der Waals surface area contributed by atoms with Gasteiger partial charge in [0.15, 0.2) is 0 Å².